The highest BCUT2D eigenvalue weighted by Crippen LogP contribution is 2.24. The second kappa shape index (κ2) is 3.37. The van der Waals surface area contributed by atoms with E-state index in [1.54, 1.807) is 0 Å². The lowest BCUT2D eigenvalue weighted by atomic mass is 9.89. The SMILES string of the molecule is C=CCN1CC(O)(CCC)C1. The molecule has 0 saturated carbocycles. The molecule has 0 aromatic carbocycles. The number of hydrogen-bond donors (Lipinski definition) is 1. The number of rotatable bonds is 4. The molecule has 0 spiro atoms. The van der Waals surface area contributed by atoms with Crippen molar-refractivity contribution < 1.29 is 5.11 Å². The van der Waals surface area contributed by atoms with Crippen molar-refractivity contribution in [1.29, 1.82) is 0 Å². The molecule has 0 aromatic heterocycles. The van der Waals surface area contributed by atoms with E-state index in [4.69, 9.17) is 0 Å². The third-order valence-corrected chi connectivity index (χ3v) is 2.14. The Hall–Kier alpha value is -0.340. The van der Waals surface area contributed by atoms with Gasteiger partial charge in [-0.2, -0.15) is 0 Å². The summed E-state index contributed by atoms with van der Waals surface area (Å²) in [6.45, 7) is 8.32. The number of nitrogens with zero attached hydrogens (tertiary/aromatic N) is 1. The van der Waals surface area contributed by atoms with Gasteiger partial charge in [-0.1, -0.05) is 19.4 Å². The fraction of sp³-hybridized carbons (Fsp3) is 0.778. The number of hydrogen-bond acceptors (Lipinski definition) is 2. The van der Waals surface area contributed by atoms with E-state index >= 15 is 0 Å². The van der Waals surface area contributed by atoms with E-state index in [-0.39, 0.29) is 5.60 Å². The third-order valence-electron chi connectivity index (χ3n) is 2.14. The molecule has 1 fully saturated rings. The van der Waals surface area contributed by atoms with E-state index in [0.717, 1.165) is 32.5 Å². The molecular weight excluding hydrogens is 138 g/mol. The summed E-state index contributed by atoms with van der Waals surface area (Å²) in [4.78, 5) is 2.20. The lowest BCUT2D eigenvalue weighted by Gasteiger charge is -2.46. The molecule has 0 aromatic rings. The van der Waals surface area contributed by atoms with Gasteiger partial charge < -0.3 is 5.11 Å². The monoisotopic (exact) mass is 155 g/mol. The van der Waals surface area contributed by atoms with Gasteiger partial charge in [-0.25, -0.2) is 0 Å². The summed E-state index contributed by atoms with van der Waals surface area (Å²) in [5.74, 6) is 0. The summed E-state index contributed by atoms with van der Waals surface area (Å²) < 4.78 is 0. The molecule has 11 heavy (non-hydrogen) atoms. The summed E-state index contributed by atoms with van der Waals surface area (Å²) in [7, 11) is 0. The minimum atomic E-state index is -0.377. The summed E-state index contributed by atoms with van der Waals surface area (Å²) in [6.07, 6.45) is 3.88. The number of likely N-dealkylation sites (tertiary alicyclic amines) is 1. The van der Waals surface area contributed by atoms with Crippen LogP contribution >= 0.6 is 0 Å². The van der Waals surface area contributed by atoms with Gasteiger partial charge in [0.05, 0.1) is 5.60 Å². The Labute approximate surface area is 68.5 Å². The first-order valence-corrected chi connectivity index (χ1v) is 4.26. The first-order valence-electron chi connectivity index (χ1n) is 4.26. The molecule has 64 valence electrons. The molecule has 1 saturated heterocycles. The Bertz CT molecular complexity index is 138. The van der Waals surface area contributed by atoms with Crippen molar-refractivity contribution in [3.8, 4) is 0 Å². The van der Waals surface area contributed by atoms with E-state index in [1.165, 1.54) is 0 Å². The van der Waals surface area contributed by atoms with Crippen molar-refractivity contribution >= 4 is 0 Å². The van der Waals surface area contributed by atoms with E-state index in [0.29, 0.717) is 0 Å². The van der Waals surface area contributed by atoms with Gasteiger partial charge in [0.1, 0.15) is 0 Å². The molecular formula is C9H17NO. The Morgan fingerprint density at radius 3 is 2.73 bits per heavy atom. The highest BCUT2D eigenvalue weighted by Gasteiger charge is 2.38. The van der Waals surface area contributed by atoms with E-state index in [2.05, 4.69) is 18.4 Å². The van der Waals surface area contributed by atoms with Gasteiger partial charge in [-0.15, -0.1) is 6.58 Å². The molecule has 0 unspecified atom stereocenters. The lowest BCUT2D eigenvalue weighted by Crippen LogP contribution is -2.61. The molecule has 0 aliphatic carbocycles. The summed E-state index contributed by atoms with van der Waals surface area (Å²) >= 11 is 0. The molecule has 1 aliphatic heterocycles. The maximum absolute atomic E-state index is 9.73. The van der Waals surface area contributed by atoms with Gasteiger partial charge in [-0.3, -0.25) is 4.90 Å². The Morgan fingerprint density at radius 2 is 2.27 bits per heavy atom. The zero-order valence-corrected chi connectivity index (χ0v) is 7.21. The topological polar surface area (TPSA) is 23.5 Å². The minimum absolute atomic E-state index is 0.377. The maximum atomic E-state index is 9.73. The van der Waals surface area contributed by atoms with Crippen molar-refractivity contribution in [2.24, 2.45) is 0 Å². The standard InChI is InChI=1S/C9H17NO/c1-3-5-9(11)7-10(8-9)6-4-2/h4,11H,2-3,5-8H2,1H3. The molecule has 0 amide bonds. The van der Waals surface area contributed by atoms with Crippen molar-refractivity contribution in [2.45, 2.75) is 25.4 Å². The van der Waals surface area contributed by atoms with Gasteiger partial charge >= 0.3 is 0 Å². The van der Waals surface area contributed by atoms with Crippen LogP contribution in [-0.4, -0.2) is 35.2 Å². The van der Waals surface area contributed by atoms with Crippen LogP contribution < -0.4 is 0 Å². The van der Waals surface area contributed by atoms with Crippen molar-refractivity contribution in [1.82, 2.24) is 4.90 Å². The first kappa shape index (κ1) is 8.75. The van der Waals surface area contributed by atoms with Crippen LogP contribution in [-0.2, 0) is 0 Å². The summed E-state index contributed by atoms with van der Waals surface area (Å²) in [5, 5.41) is 9.73. The van der Waals surface area contributed by atoms with Gasteiger partial charge in [0.25, 0.3) is 0 Å². The second-order valence-corrected chi connectivity index (χ2v) is 3.43. The molecule has 0 radical (unpaired) electrons. The Kier molecular flexibility index (Phi) is 2.68. The molecule has 1 N–H and O–H groups in total. The molecule has 1 aliphatic rings. The molecule has 2 nitrogen and oxygen atoms in total. The van der Waals surface area contributed by atoms with Crippen LogP contribution in [0.25, 0.3) is 0 Å². The average Bonchev–Trinajstić information content (AvgIpc) is 1.85. The second-order valence-electron chi connectivity index (χ2n) is 3.43. The summed E-state index contributed by atoms with van der Waals surface area (Å²) in [6, 6.07) is 0. The van der Waals surface area contributed by atoms with Crippen LogP contribution in [0.2, 0.25) is 0 Å². The van der Waals surface area contributed by atoms with Crippen LogP contribution in [0.5, 0.6) is 0 Å². The Morgan fingerprint density at radius 1 is 1.64 bits per heavy atom. The van der Waals surface area contributed by atoms with Crippen LogP contribution in [0.3, 0.4) is 0 Å². The fourth-order valence-corrected chi connectivity index (χ4v) is 1.72. The van der Waals surface area contributed by atoms with Crippen LogP contribution in [0, 0.1) is 0 Å². The van der Waals surface area contributed by atoms with Gasteiger partial charge in [-0.05, 0) is 6.42 Å². The smallest absolute Gasteiger partial charge is 0.0900 e. The molecule has 0 atom stereocenters. The largest absolute Gasteiger partial charge is 0.387 e. The normalized spacial score (nSPS) is 22.7. The van der Waals surface area contributed by atoms with Gasteiger partial charge in [0.2, 0.25) is 0 Å². The predicted molar refractivity (Wildman–Crippen MR) is 46.5 cm³/mol. The summed E-state index contributed by atoms with van der Waals surface area (Å²) in [5.41, 5.74) is -0.377. The third kappa shape index (κ3) is 2.04. The van der Waals surface area contributed by atoms with Gasteiger partial charge in [0.15, 0.2) is 0 Å². The van der Waals surface area contributed by atoms with Crippen LogP contribution in [0.1, 0.15) is 19.8 Å². The van der Waals surface area contributed by atoms with Crippen molar-refractivity contribution in [3.05, 3.63) is 12.7 Å². The molecule has 2 heteroatoms. The number of aliphatic hydroxyl groups is 1. The predicted octanol–water partition coefficient (Wildman–Crippen LogP) is 1.02. The molecule has 0 bridgehead atoms. The highest BCUT2D eigenvalue weighted by molar-refractivity contribution is 4.96. The molecule has 1 rings (SSSR count). The maximum Gasteiger partial charge on any atom is 0.0900 e. The first-order chi connectivity index (χ1) is 5.20. The fourth-order valence-electron chi connectivity index (χ4n) is 1.72. The molecule has 1 heterocycles. The Balaban J connectivity index is 2.20. The van der Waals surface area contributed by atoms with E-state index in [1.807, 2.05) is 6.08 Å². The lowest BCUT2D eigenvalue weighted by molar-refractivity contribution is -0.0977. The zero-order valence-electron chi connectivity index (χ0n) is 7.21. The average molecular weight is 155 g/mol. The zero-order chi connectivity index (χ0) is 8.32. The van der Waals surface area contributed by atoms with Gasteiger partial charge in [0, 0.05) is 19.6 Å². The van der Waals surface area contributed by atoms with Crippen molar-refractivity contribution in [2.75, 3.05) is 19.6 Å². The van der Waals surface area contributed by atoms with E-state index in [9.17, 15) is 5.11 Å². The minimum Gasteiger partial charge on any atom is -0.387 e. The van der Waals surface area contributed by atoms with Crippen LogP contribution in [0.15, 0.2) is 12.7 Å². The number of β-amino-alcohol motifs (C(OH)–C–C–N with tert-alkyl or cyclic N) is 1. The van der Waals surface area contributed by atoms with Crippen LogP contribution in [0.4, 0.5) is 0 Å². The highest BCUT2D eigenvalue weighted by atomic mass is 16.3. The quantitative estimate of drug-likeness (QED) is 0.613. The van der Waals surface area contributed by atoms with E-state index < -0.39 is 0 Å². The van der Waals surface area contributed by atoms with Crippen molar-refractivity contribution in [3.63, 3.8) is 0 Å².